The van der Waals surface area contributed by atoms with Crippen LogP contribution in [-0.4, -0.2) is 12.1 Å². The molecular weight excluding hydrogens is 308 g/mol. The molecule has 146 valence electrons. The van der Waals surface area contributed by atoms with Crippen LogP contribution < -0.4 is 0 Å². The fourth-order valence-corrected chi connectivity index (χ4v) is 4.48. The minimum atomic E-state index is -0.0242. The quantitative estimate of drug-likeness (QED) is 0.237. The third-order valence-electron chi connectivity index (χ3n) is 6.25. The van der Waals surface area contributed by atoms with Crippen LogP contribution in [0.5, 0.6) is 0 Å². The predicted molar refractivity (Wildman–Crippen MR) is 106 cm³/mol. The van der Waals surface area contributed by atoms with Crippen molar-refractivity contribution in [3.05, 3.63) is 0 Å². The summed E-state index contributed by atoms with van der Waals surface area (Å²) in [5, 5.41) is 0. The molecular formula is C23H42O2. The van der Waals surface area contributed by atoms with Crippen LogP contribution >= 0.6 is 0 Å². The Balaban J connectivity index is 1.35. The minimum Gasteiger partial charge on any atom is -0.463 e. The Labute approximate surface area is 156 Å². The first-order valence-electron chi connectivity index (χ1n) is 11.3. The first kappa shape index (κ1) is 20.8. The molecule has 0 aliphatic heterocycles. The molecule has 2 saturated carbocycles. The van der Waals surface area contributed by atoms with Crippen LogP contribution in [0.1, 0.15) is 111 Å². The summed E-state index contributed by atoms with van der Waals surface area (Å²) in [5.74, 6) is 4.35. The van der Waals surface area contributed by atoms with Gasteiger partial charge in [-0.2, -0.15) is 0 Å². The van der Waals surface area contributed by atoms with Crippen molar-refractivity contribution in [2.45, 2.75) is 117 Å². The normalized spacial score (nSPS) is 27.5. The maximum absolute atomic E-state index is 11.4. The summed E-state index contributed by atoms with van der Waals surface area (Å²) in [4.78, 5) is 11.4. The van der Waals surface area contributed by atoms with Gasteiger partial charge in [0.25, 0.3) is 0 Å². The highest BCUT2D eigenvalue weighted by Gasteiger charge is 2.44. The van der Waals surface area contributed by atoms with Crippen LogP contribution in [0.4, 0.5) is 0 Å². The summed E-state index contributed by atoms with van der Waals surface area (Å²) >= 11 is 0. The molecule has 2 nitrogen and oxygen atoms in total. The Morgan fingerprint density at radius 2 is 1.40 bits per heavy atom. The lowest BCUT2D eigenvalue weighted by molar-refractivity contribution is -0.147. The number of ether oxygens (including phenoxy) is 1. The van der Waals surface area contributed by atoms with E-state index in [1.165, 1.54) is 64.2 Å². The van der Waals surface area contributed by atoms with Crippen LogP contribution in [0.25, 0.3) is 0 Å². The molecule has 2 fully saturated rings. The average molecular weight is 351 g/mol. The zero-order chi connectivity index (χ0) is 18.1. The molecule has 0 saturated heterocycles. The van der Waals surface area contributed by atoms with Gasteiger partial charge in [-0.1, -0.05) is 64.7 Å². The second kappa shape index (κ2) is 11.2. The van der Waals surface area contributed by atoms with Gasteiger partial charge in [-0.05, 0) is 63.2 Å². The predicted octanol–water partition coefficient (Wildman–Crippen LogP) is 6.91. The lowest BCUT2D eigenvalue weighted by atomic mass is 10.0. The molecule has 2 aliphatic rings. The first-order valence-corrected chi connectivity index (χ1v) is 11.3. The molecule has 4 unspecified atom stereocenters. The Bertz CT molecular complexity index is 376. The van der Waals surface area contributed by atoms with Gasteiger partial charge in [0.05, 0.1) is 6.10 Å². The molecule has 2 heteroatoms. The van der Waals surface area contributed by atoms with E-state index in [-0.39, 0.29) is 12.1 Å². The minimum absolute atomic E-state index is 0.0242. The van der Waals surface area contributed by atoms with Gasteiger partial charge < -0.3 is 4.74 Å². The summed E-state index contributed by atoms with van der Waals surface area (Å²) in [5.41, 5.74) is 0. The monoisotopic (exact) mass is 350 g/mol. The van der Waals surface area contributed by atoms with E-state index in [4.69, 9.17) is 4.74 Å². The molecule has 0 amide bonds. The molecule has 0 N–H and O–H groups in total. The van der Waals surface area contributed by atoms with E-state index in [2.05, 4.69) is 6.92 Å². The van der Waals surface area contributed by atoms with Crippen molar-refractivity contribution in [2.75, 3.05) is 0 Å². The van der Waals surface area contributed by atoms with Crippen LogP contribution in [0.15, 0.2) is 0 Å². The number of unbranched alkanes of at least 4 members (excludes halogenated alkanes) is 6. The van der Waals surface area contributed by atoms with Crippen LogP contribution in [0.2, 0.25) is 0 Å². The molecule has 25 heavy (non-hydrogen) atoms. The number of rotatable bonds is 15. The van der Waals surface area contributed by atoms with Gasteiger partial charge in [-0.25, -0.2) is 0 Å². The third-order valence-corrected chi connectivity index (χ3v) is 6.25. The zero-order valence-corrected chi connectivity index (χ0v) is 17.1. The van der Waals surface area contributed by atoms with Crippen LogP contribution in [-0.2, 0) is 9.53 Å². The van der Waals surface area contributed by atoms with Crippen molar-refractivity contribution in [3.63, 3.8) is 0 Å². The fourth-order valence-electron chi connectivity index (χ4n) is 4.48. The second-order valence-electron chi connectivity index (χ2n) is 9.09. The first-order chi connectivity index (χ1) is 12.1. The highest BCUT2D eigenvalue weighted by Crippen LogP contribution is 2.54. The molecule has 0 bridgehead atoms. The average Bonchev–Trinajstić information content (AvgIpc) is 3.46. The van der Waals surface area contributed by atoms with Gasteiger partial charge in [0.2, 0.25) is 0 Å². The van der Waals surface area contributed by atoms with Gasteiger partial charge in [0.1, 0.15) is 0 Å². The van der Waals surface area contributed by atoms with E-state index in [1.807, 2.05) is 13.8 Å². The van der Waals surface area contributed by atoms with E-state index >= 15 is 0 Å². The van der Waals surface area contributed by atoms with E-state index < -0.39 is 0 Å². The summed E-state index contributed by atoms with van der Waals surface area (Å²) in [7, 11) is 0. The Morgan fingerprint density at radius 1 is 0.840 bits per heavy atom. The summed E-state index contributed by atoms with van der Waals surface area (Å²) in [6.45, 7) is 6.14. The van der Waals surface area contributed by atoms with E-state index in [9.17, 15) is 4.79 Å². The maximum Gasteiger partial charge on any atom is 0.306 e. The maximum atomic E-state index is 11.4. The number of hydrogen-bond acceptors (Lipinski definition) is 2. The number of carbonyl (C=O) groups is 1. The largest absolute Gasteiger partial charge is 0.463 e. The number of carbonyl (C=O) groups excluding carboxylic acids is 1. The molecule has 0 aromatic rings. The highest BCUT2D eigenvalue weighted by molar-refractivity contribution is 5.69. The van der Waals surface area contributed by atoms with E-state index in [0.717, 1.165) is 30.1 Å². The summed E-state index contributed by atoms with van der Waals surface area (Å²) in [6, 6.07) is 0. The standard InChI is InChI=1S/C23H42O2/c1-4-5-9-12-19-15-21(19)17-22-16-20(22)13-10-7-6-8-11-14-23(24)25-18(2)3/h18-22H,4-17H2,1-3H3. The molecule has 2 rings (SSSR count). The lowest BCUT2D eigenvalue weighted by Crippen LogP contribution is -2.10. The molecule has 0 spiro atoms. The van der Waals surface area contributed by atoms with Crippen LogP contribution in [0.3, 0.4) is 0 Å². The van der Waals surface area contributed by atoms with Gasteiger partial charge in [0.15, 0.2) is 0 Å². The molecule has 0 heterocycles. The molecule has 0 aromatic carbocycles. The van der Waals surface area contributed by atoms with Crippen molar-refractivity contribution in [2.24, 2.45) is 23.7 Å². The highest BCUT2D eigenvalue weighted by atomic mass is 16.5. The zero-order valence-electron chi connectivity index (χ0n) is 17.1. The van der Waals surface area contributed by atoms with Gasteiger partial charge >= 0.3 is 5.97 Å². The van der Waals surface area contributed by atoms with Crippen molar-refractivity contribution < 1.29 is 9.53 Å². The van der Waals surface area contributed by atoms with Gasteiger partial charge in [-0.15, -0.1) is 0 Å². The molecule has 0 radical (unpaired) electrons. The SMILES string of the molecule is CCCCCC1CC1CC1CC1CCCCCCCC(=O)OC(C)C. The smallest absolute Gasteiger partial charge is 0.306 e. The summed E-state index contributed by atoms with van der Waals surface area (Å²) in [6.07, 6.45) is 18.7. The molecule has 2 aliphatic carbocycles. The van der Waals surface area contributed by atoms with Crippen molar-refractivity contribution >= 4 is 5.97 Å². The fraction of sp³-hybridized carbons (Fsp3) is 0.957. The Hall–Kier alpha value is -0.530. The molecule has 0 aromatic heterocycles. The summed E-state index contributed by atoms with van der Waals surface area (Å²) < 4.78 is 5.16. The van der Waals surface area contributed by atoms with E-state index in [0.29, 0.717) is 6.42 Å². The number of esters is 1. The molecule has 4 atom stereocenters. The Kier molecular flexibility index (Phi) is 9.34. The van der Waals surface area contributed by atoms with Gasteiger partial charge in [-0.3, -0.25) is 4.79 Å². The van der Waals surface area contributed by atoms with Crippen molar-refractivity contribution in [1.29, 1.82) is 0 Å². The third kappa shape index (κ3) is 9.11. The second-order valence-corrected chi connectivity index (χ2v) is 9.09. The van der Waals surface area contributed by atoms with Crippen molar-refractivity contribution in [1.82, 2.24) is 0 Å². The van der Waals surface area contributed by atoms with E-state index in [1.54, 1.807) is 12.8 Å². The lowest BCUT2D eigenvalue weighted by Gasteiger charge is -2.07. The Morgan fingerprint density at radius 3 is 2.00 bits per heavy atom. The van der Waals surface area contributed by atoms with Crippen molar-refractivity contribution in [3.8, 4) is 0 Å². The van der Waals surface area contributed by atoms with Gasteiger partial charge in [0, 0.05) is 6.42 Å². The van der Waals surface area contributed by atoms with Crippen LogP contribution in [0, 0.1) is 23.7 Å². The number of hydrogen-bond donors (Lipinski definition) is 0. The topological polar surface area (TPSA) is 26.3 Å².